The SMILES string of the molecule is CC(=O)O.CCCCN(CC1CCCCN1)C(=O)c1cc(OCC(F)(F)F)ccc1OCC(F)(F)F. The van der Waals surface area contributed by atoms with Gasteiger partial charge in [-0.2, -0.15) is 26.3 Å². The smallest absolute Gasteiger partial charge is 0.422 e. The first-order chi connectivity index (χ1) is 16.7. The molecule has 206 valence electrons. The number of carbonyl (C=O) groups excluding carboxylic acids is 1. The fourth-order valence-electron chi connectivity index (χ4n) is 3.36. The summed E-state index contributed by atoms with van der Waals surface area (Å²) in [6, 6.07) is 3.12. The number of carboxylic acids is 1. The number of piperidine rings is 1. The number of alkyl halides is 6. The van der Waals surface area contributed by atoms with Crippen molar-refractivity contribution < 1.29 is 50.5 Å². The van der Waals surface area contributed by atoms with Crippen LogP contribution in [0.5, 0.6) is 11.5 Å². The van der Waals surface area contributed by atoms with E-state index in [1.807, 2.05) is 6.92 Å². The molecule has 0 bridgehead atoms. The molecule has 7 nitrogen and oxygen atoms in total. The molecule has 1 heterocycles. The number of unbranched alkanes of at least 4 members (excludes halogenated alkanes) is 1. The molecule has 0 radical (unpaired) electrons. The summed E-state index contributed by atoms with van der Waals surface area (Å²) in [4.78, 5) is 23.8. The van der Waals surface area contributed by atoms with Crippen molar-refractivity contribution in [1.29, 1.82) is 0 Å². The van der Waals surface area contributed by atoms with Crippen LogP contribution in [0.3, 0.4) is 0 Å². The Hall–Kier alpha value is -2.70. The van der Waals surface area contributed by atoms with Crippen molar-refractivity contribution in [1.82, 2.24) is 10.2 Å². The van der Waals surface area contributed by atoms with Gasteiger partial charge in [-0.3, -0.25) is 9.59 Å². The van der Waals surface area contributed by atoms with Gasteiger partial charge < -0.3 is 24.8 Å². The molecule has 0 aliphatic carbocycles. The Kier molecular flexibility index (Phi) is 12.8. The Morgan fingerprint density at radius 3 is 2.22 bits per heavy atom. The average molecular weight is 531 g/mol. The van der Waals surface area contributed by atoms with Gasteiger partial charge in [0.05, 0.1) is 5.56 Å². The molecule has 1 aromatic carbocycles. The number of nitrogens with zero attached hydrogens (tertiary/aromatic N) is 1. The zero-order valence-electron chi connectivity index (χ0n) is 20.2. The summed E-state index contributed by atoms with van der Waals surface area (Å²) in [6.45, 7) is 1.31. The Bertz CT molecular complexity index is 822. The van der Waals surface area contributed by atoms with Crippen molar-refractivity contribution in [3.8, 4) is 11.5 Å². The number of amides is 1. The van der Waals surface area contributed by atoms with Crippen LogP contribution in [-0.2, 0) is 4.79 Å². The summed E-state index contributed by atoms with van der Waals surface area (Å²) in [5.41, 5.74) is -0.263. The molecule has 1 atom stereocenters. The van der Waals surface area contributed by atoms with Gasteiger partial charge in [0.1, 0.15) is 11.5 Å². The summed E-state index contributed by atoms with van der Waals surface area (Å²) in [5.74, 6) is -2.08. The molecule has 1 amide bonds. The lowest BCUT2D eigenvalue weighted by Gasteiger charge is -2.31. The van der Waals surface area contributed by atoms with Crippen LogP contribution in [0, 0.1) is 0 Å². The van der Waals surface area contributed by atoms with Crippen molar-refractivity contribution >= 4 is 11.9 Å². The number of carbonyl (C=O) groups is 2. The predicted octanol–water partition coefficient (Wildman–Crippen LogP) is 5.04. The highest BCUT2D eigenvalue weighted by molar-refractivity contribution is 5.97. The Morgan fingerprint density at radius 1 is 1.08 bits per heavy atom. The molecule has 1 fully saturated rings. The highest BCUT2D eigenvalue weighted by Gasteiger charge is 2.31. The lowest BCUT2D eigenvalue weighted by Crippen LogP contribution is -2.46. The van der Waals surface area contributed by atoms with Crippen LogP contribution in [0.4, 0.5) is 26.3 Å². The number of rotatable bonds is 10. The van der Waals surface area contributed by atoms with E-state index in [9.17, 15) is 31.1 Å². The Balaban J connectivity index is 0.00000150. The van der Waals surface area contributed by atoms with Crippen molar-refractivity contribution in [2.45, 2.75) is 64.3 Å². The molecule has 1 aromatic rings. The molecular formula is C23H32F6N2O5. The second kappa shape index (κ2) is 14.8. The summed E-state index contributed by atoms with van der Waals surface area (Å²) < 4.78 is 85.0. The van der Waals surface area contributed by atoms with Crippen LogP contribution < -0.4 is 14.8 Å². The van der Waals surface area contributed by atoms with E-state index in [2.05, 4.69) is 10.1 Å². The normalized spacial score (nSPS) is 15.9. The zero-order valence-corrected chi connectivity index (χ0v) is 20.2. The second-order valence-electron chi connectivity index (χ2n) is 8.24. The van der Waals surface area contributed by atoms with Gasteiger partial charge in [-0.1, -0.05) is 19.8 Å². The first kappa shape index (κ1) is 31.3. The van der Waals surface area contributed by atoms with E-state index in [1.165, 1.54) is 4.90 Å². The monoisotopic (exact) mass is 530 g/mol. The summed E-state index contributed by atoms with van der Waals surface area (Å²) in [6.07, 6.45) is -4.92. The lowest BCUT2D eigenvalue weighted by atomic mass is 10.0. The quantitative estimate of drug-likeness (QED) is 0.412. The number of carboxylic acid groups (broad SMARTS) is 1. The van der Waals surface area contributed by atoms with Crippen molar-refractivity contribution in [2.24, 2.45) is 0 Å². The third kappa shape index (κ3) is 13.4. The number of hydrogen-bond acceptors (Lipinski definition) is 5. The molecule has 2 rings (SSSR count). The Labute approximate surface area is 205 Å². The first-order valence-electron chi connectivity index (χ1n) is 11.5. The van der Waals surface area contributed by atoms with Gasteiger partial charge in [0.15, 0.2) is 13.2 Å². The minimum absolute atomic E-state index is 0.0359. The molecular weight excluding hydrogens is 498 g/mol. The van der Waals surface area contributed by atoms with Gasteiger partial charge in [0.25, 0.3) is 11.9 Å². The number of ether oxygens (including phenoxy) is 2. The number of benzene rings is 1. The van der Waals surface area contributed by atoms with Gasteiger partial charge >= 0.3 is 12.4 Å². The molecule has 0 aromatic heterocycles. The average Bonchev–Trinajstić information content (AvgIpc) is 2.78. The molecule has 2 N–H and O–H groups in total. The van der Waals surface area contributed by atoms with E-state index in [-0.39, 0.29) is 23.1 Å². The van der Waals surface area contributed by atoms with Gasteiger partial charge in [0, 0.05) is 26.1 Å². The maximum absolute atomic E-state index is 13.3. The van der Waals surface area contributed by atoms with E-state index in [1.54, 1.807) is 0 Å². The molecule has 1 aliphatic heterocycles. The fraction of sp³-hybridized carbons (Fsp3) is 0.652. The van der Waals surface area contributed by atoms with Crippen LogP contribution >= 0.6 is 0 Å². The third-order valence-corrected chi connectivity index (χ3v) is 4.90. The summed E-state index contributed by atoms with van der Waals surface area (Å²) in [7, 11) is 0. The van der Waals surface area contributed by atoms with Crippen molar-refractivity contribution in [3.05, 3.63) is 23.8 Å². The number of aliphatic carboxylic acids is 1. The predicted molar refractivity (Wildman–Crippen MR) is 119 cm³/mol. The van der Waals surface area contributed by atoms with Crippen LogP contribution in [0.25, 0.3) is 0 Å². The van der Waals surface area contributed by atoms with Crippen LogP contribution in [0.1, 0.15) is 56.3 Å². The maximum Gasteiger partial charge on any atom is 0.422 e. The van der Waals surface area contributed by atoms with Crippen molar-refractivity contribution in [2.75, 3.05) is 32.8 Å². The minimum atomic E-state index is -4.64. The van der Waals surface area contributed by atoms with E-state index in [4.69, 9.17) is 14.6 Å². The van der Waals surface area contributed by atoms with Gasteiger partial charge in [-0.25, -0.2) is 0 Å². The van der Waals surface area contributed by atoms with Crippen LogP contribution in [0.2, 0.25) is 0 Å². The van der Waals surface area contributed by atoms with Gasteiger partial charge in [0.2, 0.25) is 0 Å². The topological polar surface area (TPSA) is 88.1 Å². The third-order valence-electron chi connectivity index (χ3n) is 4.90. The largest absolute Gasteiger partial charge is 0.484 e. The zero-order chi connectivity index (χ0) is 27.4. The van der Waals surface area contributed by atoms with E-state index >= 15 is 0 Å². The molecule has 0 spiro atoms. The highest BCUT2D eigenvalue weighted by atomic mass is 19.4. The maximum atomic E-state index is 13.3. The highest BCUT2D eigenvalue weighted by Crippen LogP contribution is 2.29. The molecule has 36 heavy (non-hydrogen) atoms. The lowest BCUT2D eigenvalue weighted by molar-refractivity contribution is -0.154. The van der Waals surface area contributed by atoms with Gasteiger partial charge in [-0.05, 0) is 44.0 Å². The number of hydrogen-bond donors (Lipinski definition) is 2. The molecule has 1 aliphatic rings. The first-order valence-corrected chi connectivity index (χ1v) is 11.5. The van der Waals surface area contributed by atoms with E-state index < -0.39 is 37.4 Å². The number of halogens is 6. The second-order valence-corrected chi connectivity index (χ2v) is 8.24. The van der Waals surface area contributed by atoms with E-state index in [0.29, 0.717) is 19.5 Å². The van der Waals surface area contributed by atoms with Crippen LogP contribution in [-0.4, -0.2) is 73.1 Å². The molecule has 1 unspecified atom stereocenters. The van der Waals surface area contributed by atoms with E-state index in [0.717, 1.165) is 57.4 Å². The summed E-state index contributed by atoms with van der Waals surface area (Å²) >= 11 is 0. The Morgan fingerprint density at radius 2 is 1.69 bits per heavy atom. The molecule has 1 saturated heterocycles. The minimum Gasteiger partial charge on any atom is -0.484 e. The van der Waals surface area contributed by atoms with Gasteiger partial charge in [-0.15, -0.1) is 0 Å². The van der Waals surface area contributed by atoms with Crippen molar-refractivity contribution in [3.63, 3.8) is 0 Å². The standard InChI is InChI=1S/C21H28F6N2O3.C2H4O2/c1-2-3-10-29(12-15-6-4-5-9-28-15)19(30)17-11-16(31-13-20(22,23)24)7-8-18(17)32-14-21(25,26)27;1-2(3)4/h7-8,11,15,28H,2-6,9-10,12-14H2,1H3;1H3,(H,3,4). The van der Waals surface area contributed by atoms with Crippen LogP contribution in [0.15, 0.2) is 18.2 Å². The molecule has 0 saturated carbocycles. The summed E-state index contributed by atoms with van der Waals surface area (Å²) in [5, 5.41) is 10.7. The fourth-order valence-corrected chi connectivity index (χ4v) is 3.36. The number of nitrogens with one attached hydrogen (secondary N) is 1. The molecule has 13 heteroatoms.